The van der Waals surface area contributed by atoms with Gasteiger partial charge in [0.05, 0.1) is 17.2 Å². The van der Waals surface area contributed by atoms with Crippen molar-refractivity contribution in [2.45, 2.75) is 26.3 Å². The molecular weight excluding hydrogens is 264 g/mol. The van der Waals surface area contributed by atoms with Crippen LogP contribution in [0.3, 0.4) is 0 Å². The second kappa shape index (κ2) is 5.13. The first-order chi connectivity index (χ1) is 8.85. The van der Waals surface area contributed by atoms with E-state index in [2.05, 4.69) is 10.00 Å². The number of aromatic nitrogens is 2. The Balaban J connectivity index is 2.37. The van der Waals surface area contributed by atoms with Gasteiger partial charge in [-0.15, -0.1) is 0 Å². The molecule has 108 valence electrons. The molecule has 2 heterocycles. The van der Waals surface area contributed by atoms with Gasteiger partial charge in [0, 0.05) is 25.2 Å². The Morgan fingerprint density at radius 3 is 2.74 bits per heavy atom. The van der Waals surface area contributed by atoms with Gasteiger partial charge >= 0.3 is 0 Å². The predicted octanol–water partition coefficient (Wildman–Crippen LogP) is -0.147. The second-order valence-electron chi connectivity index (χ2n) is 5.21. The largest absolute Gasteiger partial charge is 0.352 e. The first-order valence-corrected chi connectivity index (χ1v) is 8.37. The van der Waals surface area contributed by atoms with Gasteiger partial charge in [-0.05, 0) is 26.8 Å². The first kappa shape index (κ1) is 14.3. The van der Waals surface area contributed by atoms with E-state index in [0.29, 0.717) is 13.1 Å². The number of nitrogens with two attached hydrogens (primary N) is 1. The molecule has 0 spiro atoms. The number of nitrogens with zero attached hydrogens (tertiary/aromatic N) is 3. The van der Waals surface area contributed by atoms with Crippen LogP contribution in [0.1, 0.15) is 18.2 Å². The zero-order valence-electron chi connectivity index (χ0n) is 11.8. The molecule has 0 amide bonds. The highest BCUT2D eigenvalue weighted by Gasteiger charge is 2.31. The van der Waals surface area contributed by atoms with Crippen LogP contribution in [-0.4, -0.2) is 48.8 Å². The lowest BCUT2D eigenvalue weighted by Gasteiger charge is -2.35. The molecule has 1 aromatic heterocycles. The highest BCUT2D eigenvalue weighted by atomic mass is 32.2. The summed E-state index contributed by atoms with van der Waals surface area (Å²) in [4.78, 5) is 2.14. The summed E-state index contributed by atoms with van der Waals surface area (Å²) in [7, 11) is -0.999. The fourth-order valence-corrected chi connectivity index (χ4v) is 4.36. The van der Waals surface area contributed by atoms with Crippen molar-refractivity contribution >= 4 is 15.7 Å². The van der Waals surface area contributed by atoms with Gasteiger partial charge in [-0.3, -0.25) is 4.68 Å². The minimum Gasteiger partial charge on any atom is -0.352 e. The van der Waals surface area contributed by atoms with Crippen LogP contribution in [0, 0.1) is 6.92 Å². The van der Waals surface area contributed by atoms with Crippen LogP contribution in [-0.2, 0) is 23.3 Å². The number of rotatable bonds is 3. The van der Waals surface area contributed by atoms with Gasteiger partial charge < -0.3 is 10.6 Å². The molecule has 0 bridgehead atoms. The molecular formula is C12H22N4O2S. The Kier molecular flexibility index (Phi) is 3.87. The second-order valence-corrected chi connectivity index (χ2v) is 7.44. The first-order valence-electron chi connectivity index (χ1n) is 6.55. The lowest BCUT2D eigenvalue weighted by atomic mass is 10.1. The molecule has 1 aliphatic rings. The Labute approximate surface area is 114 Å². The smallest absolute Gasteiger partial charge is 0.154 e. The van der Waals surface area contributed by atoms with E-state index in [1.165, 1.54) is 0 Å². The third-order valence-electron chi connectivity index (χ3n) is 3.65. The molecule has 6 nitrogen and oxygen atoms in total. The van der Waals surface area contributed by atoms with Crippen molar-refractivity contribution in [3.8, 4) is 0 Å². The molecule has 1 fully saturated rings. The highest BCUT2D eigenvalue weighted by molar-refractivity contribution is 7.91. The normalized spacial score (nSPS) is 22.7. The molecule has 2 N–H and O–H groups in total. The SMILES string of the molecule is Cc1nn(C)c(N2CCS(=O)(=O)CC2C)c1CCN. The van der Waals surface area contributed by atoms with Gasteiger partial charge in [0.25, 0.3) is 0 Å². The fourth-order valence-electron chi connectivity index (χ4n) is 2.80. The fraction of sp³-hybridized carbons (Fsp3) is 0.750. The minimum absolute atomic E-state index is 0.0231. The third-order valence-corrected chi connectivity index (χ3v) is 5.44. The molecule has 0 aromatic carbocycles. The van der Waals surface area contributed by atoms with Crippen molar-refractivity contribution in [1.29, 1.82) is 0 Å². The number of aryl methyl sites for hydroxylation is 2. The van der Waals surface area contributed by atoms with E-state index in [-0.39, 0.29) is 17.5 Å². The van der Waals surface area contributed by atoms with Crippen molar-refractivity contribution in [2.24, 2.45) is 12.8 Å². The summed E-state index contributed by atoms with van der Waals surface area (Å²) in [5, 5.41) is 4.45. The Morgan fingerprint density at radius 2 is 2.16 bits per heavy atom. The quantitative estimate of drug-likeness (QED) is 0.836. The van der Waals surface area contributed by atoms with Crippen molar-refractivity contribution in [3.63, 3.8) is 0 Å². The van der Waals surface area contributed by atoms with E-state index in [1.807, 2.05) is 25.6 Å². The maximum Gasteiger partial charge on any atom is 0.154 e. The number of hydrogen-bond donors (Lipinski definition) is 1. The van der Waals surface area contributed by atoms with Crippen molar-refractivity contribution in [3.05, 3.63) is 11.3 Å². The van der Waals surface area contributed by atoms with Crippen LogP contribution in [0.4, 0.5) is 5.82 Å². The molecule has 0 saturated carbocycles. The summed E-state index contributed by atoms with van der Waals surface area (Å²) in [6.45, 7) is 5.02. The molecule has 1 aliphatic heterocycles. The highest BCUT2D eigenvalue weighted by Crippen LogP contribution is 2.27. The van der Waals surface area contributed by atoms with Gasteiger partial charge in [-0.2, -0.15) is 5.10 Å². The summed E-state index contributed by atoms with van der Waals surface area (Å²) in [5.41, 5.74) is 7.77. The van der Waals surface area contributed by atoms with E-state index < -0.39 is 9.84 Å². The van der Waals surface area contributed by atoms with Crippen LogP contribution in [0.5, 0.6) is 0 Å². The van der Waals surface area contributed by atoms with Crippen LogP contribution in [0.25, 0.3) is 0 Å². The van der Waals surface area contributed by atoms with Crippen molar-refractivity contribution in [2.75, 3.05) is 29.5 Å². The molecule has 0 radical (unpaired) electrons. The van der Waals surface area contributed by atoms with Crippen molar-refractivity contribution in [1.82, 2.24) is 9.78 Å². The topological polar surface area (TPSA) is 81.2 Å². The summed E-state index contributed by atoms with van der Waals surface area (Å²) in [6.07, 6.45) is 0.769. The summed E-state index contributed by atoms with van der Waals surface area (Å²) in [5.74, 6) is 1.44. The standard InChI is InChI=1S/C12H22N4O2S/c1-9-8-19(17,18)7-6-16(9)12-11(4-5-13)10(2)14-15(12)3/h9H,4-8,13H2,1-3H3. The number of anilines is 1. The van der Waals surface area contributed by atoms with Crippen LogP contribution in [0.15, 0.2) is 0 Å². The summed E-state index contributed by atoms with van der Waals surface area (Å²) in [6, 6.07) is -0.0231. The maximum atomic E-state index is 11.7. The summed E-state index contributed by atoms with van der Waals surface area (Å²) >= 11 is 0. The third kappa shape index (κ3) is 2.76. The van der Waals surface area contributed by atoms with Crippen LogP contribution in [0.2, 0.25) is 0 Å². The van der Waals surface area contributed by atoms with Gasteiger partial charge in [-0.1, -0.05) is 0 Å². The van der Waals surface area contributed by atoms with Crippen LogP contribution >= 0.6 is 0 Å². The van der Waals surface area contributed by atoms with E-state index in [1.54, 1.807) is 0 Å². The summed E-state index contributed by atoms with van der Waals surface area (Å²) < 4.78 is 25.2. The predicted molar refractivity (Wildman–Crippen MR) is 76.2 cm³/mol. The lowest BCUT2D eigenvalue weighted by Crippen LogP contribution is -2.48. The molecule has 1 unspecified atom stereocenters. The average Bonchev–Trinajstić information content (AvgIpc) is 2.55. The Hall–Kier alpha value is -1.08. The van der Waals surface area contributed by atoms with Crippen molar-refractivity contribution < 1.29 is 8.42 Å². The zero-order chi connectivity index (χ0) is 14.2. The van der Waals surface area contributed by atoms with E-state index >= 15 is 0 Å². The van der Waals surface area contributed by atoms with Gasteiger partial charge in [0.1, 0.15) is 5.82 Å². The van der Waals surface area contributed by atoms with Crippen LogP contribution < -0.4 is 10.6 Å². The average molecular weight is 286 g/mol. The van der Waals surface area contributed by atoms with E-state index in [4.69, 9.17) is 5.73 Å². The minimum atomic E-state index is -2.90. The van der Waals surface area contributed by atoms with E-state index in [9.17, 15) is 8.42 Å². The van der Waals surface area contributed by atoms with Gasteiger partial charge in [-0.25, -0.2) is 8.42 Å². The Morgan fingerprint density at radius 1 is 1.47 bits per heavy atom. The monoisotopic (exact) mass is 286 g/mol. The molecule has 2 rings (SSSR count). The Bertz CT molecular complexity index is 565. The van der Waals surface area contributed by atoms with Gasteiger partial charge in [0.15, 0.2) is 9.84 Å². The number of hydrogen-bond acceptors (Lipinski definition) is 5. The molecule has 19 heavy (non-hydrogen) atoms. The molecule has 1 saturated heterocycles. The zero-order valence-corrected chi connectivity index (χ0v) is 12.6. The molecule has 7 heteroatoms. The molecule has 0 aliphatic carbocycles. The number of sulfone groups is 1. The molecule has 1 aromatic rings. The molecule has 1 atom stereocenters. The maximum absolute atomic E-state index is 11.7. The van der Waals surface area contributed by atoms with E-state index in [0.717, 1.165) is 23.5 Å². The van der Waals surface area contributed by atoms with Gasteiger partial charge in [0.2, 0.25) is 0 Å². The lowest BCUT2D eigenvalue weighted by molar-refractivity contribution is 0.561.